The Balaban J connectivity index is 1.81. The van der Waals surface area contributed by atoms with Crippen LogP contribution in [0, 0.1) is 5.92 Å². The molecule has 1 aliphatic rings. The van der Waals surface area contributed by atoms with Crippen molar-refractivity contribution < 1.29 is 4.79 Å². The van der Waals surface area contributed by atoms with Gasteiger partial charge >= 0.3 is 0 Å². The average molecular weight is 465 g/mol. The highest BCUT2D eigenvalue weighted by Gasteiger charge is 2.27. The maximum absolute atomic E-state index is 12.9. The lowest BCUT2D eigenvalue weighted by Crippen LogP contribution is -2.34. The molecule has 6 nitrogen and oxygen atoms in total. The Morgan fingerprint density at radius 1 is 1.23 bits per heavy atom. The SMILES string of the molecule is CC(C)C[C@H]1CCCN1Cc1c(Cl)cc(Cl)c(=O)n1CCc1ccc(C(=O)NN)cc1. The van der Waals surface area contributed by atoms with Gasteiger partial charge in [0.15, 0.2) is 0 Å². The molecule has 168 valence electrons. The third-order valence-electron chi connectivity index (χ3n) is 5.87. The molecule has 0 unspecified atom stereocenters. The summed E-state index contributed by atoms with van der Waals surface area (Å²) in [7, 11) is 0. The number of likely N-dealkylation sites (tertiary alicyclic amines) is 1. The summed E-state index contributed by atoms with van der Waals surface area (Å²) < 4.78 is 1.70. The molecule has 2 aromatic rings. The van der Waals surface area contributed by atoms with Gasteiger partial charge in [0.25, 0.3) is 11.5 Å². The normalized spacial score (nSPS) is 16.8. The fraction of sp³-hybridized carbons (Fsp3) is 0.478. The Morgan fingerprint density at radius 2 is 1.94 bits per heavy atom. The van der Waals surface area contributed by atoms with Crippen LogP contribution < -0.4 is 16.8 Å². The van der Waals surface area contributed by atoms with Crippen LogP contribution >= 0.6 is 23.2 Å². The average Bonchev–Trinajstić information content (AvgIpc) is 3.17. The molecule has 31 heavy (non-hydrogen) atoms. The van der Waals surface area contributed by atoms with Crippen molar-refractivity contribution in [2.75, 3.05) is 6.54 Å². The number of nitrogens with two attached hydrogens (primary N) is 1. The van der Waals surface area contributed by atoms with Crippen molar-refractivity contribution >= 4 is 29.1 Å². The Hall–Kier alpha value is -1.86. The Kier molecular flexibility index (Phi) is 8.17. The smallest absolute Gasteiger partial charge is 0.269 e. The minimum atomic E-state index is -0.340. The molecule has 0 spiro atoms. The summed E-state index contributed by atoms with van der Waals surface area (Å²) >= 11 is 12.7. The molecule has 3 N–H and O–H groups in total. The van der Waals surface area contributed by atoms with E-state index in [2.05, 4.69) is 24.2 Å². The largest absolute Gasteiger partial charge is 0.308 e. The topological polar surface area (TPSA) is 80.4 Å². The van der Waals surface area contributed by atoms with Gasteiger partial charge in [0.1, 0.15) is 5.02 Å². The van der Waals surface area contributed by atoms with Crippen molar-refractivity contribution in [2.24, 2.45) is 11.8 Å². The van der Waals surface area contributed by atoms with E-state index in [1.54, 1.807) is 22.8 Å². The lowest BCUT2D eigenvalue weighted by molar-refractivity contribution is 0.0953. The summed E-state index contributed by atoms with van der Waals surface area (Å²) in [4.78, 5) is 26.9. The highest BCUT2D eigenvalue weighted by atomic mass is 35.5. The number of benzene rings is 1. The highest BCUT2D eigenvalue weighted by Crippen LogP contribution is 2.28. The van der Waals surface area contributed by atoms with E-state index < -0.39 is 0 Å². The summed E-state index contributed by atoms with van der Waals surface area (Å²) in [5, 5.41) is 0.652. The number of nitrogen functional groups attached to an aromatic ring is 1. The van der Waals surface area contributed by atoms with Crippen molar-refractivity contribution in [3.8, 4) is 0 Å². The molecule has 0 radical (unpaired) electrons. The third-order valence-corrected chi connectivity index (χ3v) is 6.47. The Bertz CT molecular complexity index is 973. The molecule has 0 saturated carbocycles. The predicted molar refractivity (Wildman–Crippen MR) is 125 cm³/mol. The number of carbonyl (C=O) groups is 1. The van der Waals surface area contributed by atoms with Gasteiger partial charge in [-0.05, 0) is 61.9 Å². The summed E-state index contributed by atoms with van der Waals surface area (Å²) in [6.07, 6.45) is 4.09. The zero-order valence-electron chi connectivity index (χ0n) is 18.0. The Labute approximate surface area is 193 Å². The van der Waals surface area contributed by atoms with Crippen LogP contribution in [0.25, 0.3) is 0 Å². The standard InChI is InChI=1S/C23H30Cl2N4O2/c1-15(2)12-18-4-3-10-28(18)14-21-19(24)13-20(25)23(31)29(21)11-9-16-5-7-17(8-6-16)22(30)27-26/h5-8,13,15,18H,3-4,9-12,14,26H2,1-2H3,(H,27,30)/t18-/m1/s1. The maximum Gasteiger partial charge on any atom is 0.269 e. The van der Waals surface area contributed by atoms with Gasteiger partial charge in [-0.15, -0.1) is 0 Å². The first-order chi connectivity index (χ1) is 14.8. The molecule has 1 amide bonds. The van der Waals surface area contributed by atoms with Crippen LogP contribution in [0.2, 0.25) is 10.0 Å². The van der Waals surface area contributed by atoms with Crippen LogP contribution in [-0.2, 0) is 19.5 Å². The van der Waals surface area contributed by atoms with Gasteiger partial charge < -0.3 is 4.57 Å². The van der Waals surface area contributed by atoms with Crippen LogP contribution in [-0.4, -0.2) is 28.0 Å². The second-order valence-corrected chi connectivity index (χ2v) is 9.37. The van der Waals surface area contributed by atoms with Crippen LogP contribution in [0.5, 0.6) is 0 Å². The minimum absolute atomic E-state index is 0.129. The molecule has 8 heteroatoms. The van der Waals surface area contributed by atoms with E-state index in [1.165, 1.54) is 6.42 Å². The van der Waals surface area contributed by atoms with Gasteiger partial charge in [-0.3, -0.25) is 19.9 Å². The lowest BCUT2D eigenvalue weighted by Gasteiger charge is -2.27. The number of hydrazine groups is 1. The minimum Gasteiger partial charge on any atom is -0.308 e. The number of halogens is 2. The van der Waals surface area contributed by atoms with Gasteiger partial charge in [0.05, 0.1) is 10.7 Å². The van der Waals surface area contributed by atoms with E-state index in [-0.39, 0.29) is 16.5 Å². The van der Waals surface area contributed by atoms with E-state index in [9.17, 15) is 9.59 Å². The van der Waals surface area contributed by atoms with Crippen LogP contribution in [0.4, 0.5) is 0 Å². The summed E-state index contributed by atoms with van der Waals surface area (Å²) in [6, 6.07) is 9.22. The molecule has 1 atom stereocenters. The quantitative estimate of drug-likeness (QED) is 0.351. The highest BCUT2D eigenvalue weighted by molar-refractivity contribution is 6.34. The Morgan fingerprint density at radius 3 is 2.58 bits per heavy atom. The first-order valence-electron chi connectivity index (χ1n) is 10.7. The van der Waals surface area contributed by atoms with Gasteiger partial charge in [-0.2, -0.15) is 0 Å². The van der Waals surface area contributed by atoms with E-state index >= 15 is 0 Å². The van der Waals surface area contributed by atoms with Crippen LogP contribution in [0.15, 0.2) is 35.1 Å². The van der Waals surface area contributed by atoms with Crippen molar-refractivity contribution in [1.29, 1.82) is 0 Å². The summed E-state index contributed by atoms with van der Waals surface area (Å²) in [5.74, 6) is 5.46. The number of nitrogens with one attached hydrogen (secondary N) is 1. The summed E-state index contributed by atoms with van der Waals surface area (Å²) in [6.45, 7) is 6.58. The van der Waals surface area contributed by atoms with E-state index in [1.807, 2.05) is 12.1 Å². The molecule has 3 rings (SSSR count). The van der Waals surface area contributed by atoms with Gasteiger partial charge in [0, 0.05) is 24.7 Å². The number of hydrogen-bond donors (Lipinski definition) is 2. The van der Waals surface area contributed by atoms with Gasteiger partial charge in [-0.25, -0.2) is 5.84 Å². The number of hydrogen-bond acceptors (Lipinski definition) is 4. The zero-order chi connectivity index (χ0) is 22.5. The van der Waals surface area contributed by atoms with Gasteiger partial charge in [0.2, 0.25) is 0 Å². The van der Waals surface area contributed by atoms with E-state index in [0.29, 0.717) is 42.1 Å². The second kappa shape index (κ2) is 10.6. The fourth-order valence-corrected chi connectivity index (χ4v) is 4.83. The molecule has 1 saturated heterocycles. The van der Waals surface area contributed by atoms with E-state index in [0.717, 1.165) is 30.6 Å². The van der Waals surface area contributed by atoms with Crippen molar-refractivity contribution in [1.82, 2.24) is 14.9 Å². The predicted octanol–water partition coefficient (Wildman–Crippen LogP) is 4.01. The van der Waals surface area contributed by atoms with Crippen molar-refractivity contribution in [2.45, 2.75) is 58.7 Å². The molecule has 1 aromatic heterocycles. The van der Waals surface area contributed by atoms with Crippen molar-refractivity contribution in [3.63, 3.8) is 0 Å². The van der Waals surface area contributed by atoms with Crippen LogP contribution in [0.1, 0.15) is 54.7 Å². The molecule has 2 heterocycles. The fourth-order valence-electron chi connectivity index (χ4n) is 4.29. The molecule has 1 aliphatic heterocycles. The first kappa shape index (κ1) is 23.8. The zero-order valence-corrected chi connectivity index (χ0v) is 19.5. The van der Waals surface area contributed by atoms with Crippen LogP contribution in [0.3, 0.4) is 0 Å². The van der Waals surface area contributed by atoms with Crippen molar-refractivity contribution in [3.05, 3.63) is 67.6 Å². The number of amides is 1. The maximum atomic E-state index is 12.9. The number of pyridine rings is 1. The molecule has 0 aliphatic carbocycles. The number of nitrogens with zero attached hydrogens (tertiary/aromatic N) is 2. The number of carbonyl (C=O) groups excluding carboxylic acids is 1. The molecule has 1 aromatic carbocycles. The monoisotopic (exact) mass is 464 g/mol. The number of aryl methyl sites for hydroxylation is 1. The van der Waals surface area contributed by atoms with Gasteiger partial charge in [-0.1, -0.05) is 49.2 Å². The van der Waals surface area contributed by atoms with E-state index in [4.69, 9.17) is 29.0 Å². The molecular formula is C23H30Cl2N4O2. The molecular weight excluding hydrogens is 435 g/mol. The first-order valence-corrected chi connectivity index (χ1v) is 11.5. The number of rotatable bonds is 8. The third kappa shape index (κ3) is 5.89. The molecule has 1 fully saturated rings. The second-order valence-electron chi connectivity index (χ2n) is 8.56. The number of aromatic nitrogens is 1. The summed E-state index contributed by atoms with van der Waals surface area (Å²) in [5.41, 5.74) is 4.19. The molecule has 0 bridgehead atoms. The lowest BCUT2D eigenvalue weighted by atomic mass is 10.0.